The van der Waals surface area contributed by atoms with Crippen molar-refractivity contribution in [3.05, 3.63) is 247 Å². The third-order valence-corrected chi connectivity index (χ3v) is 11.5. The maximum atomic E-state index is 6.85. The van der Waals surface area contributed by atoms with Crippen LogP contribution in [0.2, 0.25) is 0 Å². The first-order valence-electron chi connectivity index (χ1n) is 20.9. The molecule has 294 valence electrons. The monoisotopic (exact) mass is 796 g/mol. The lowest BCUT2D eigenvalue weighted by Crippen LogP contribution is -2.33. The zero-order valence-electron chi connectivity index (χ0n) is 33.8. The molecule has 1 aliphatic rings. The highest BCUT2D eigenvalue weighted by Crippen LogP contribution is 2.46. The predicted molar refractivity (Wildman–Crippen MR) is 257 cm³/mol. The van der Waals surface area contributed by atoms with Gasteiger partial charge in [0, 0.05) is 33.5 Å². The summed E-state index contributed by atoms with van der Waals surface area (Å²) in [5.74, 6) is 1.48. The Hall–Kier alpha value is -8.28. The van der Waals surface area contributed by atoms with Gasteiger partial charge in [-0.2, -0.15) is 0 Å². The van der Waals surface area contributed by atoms with E-state index in [4.69, 9.17) is 14.4 Å². The zero-order valence-corrected chi connectivity index (χ0v) is 33.8. The van der Waals surface area contributed by atoms with E-state index in [0.717, 1.165) is 83.8 Å². The molecule has 1 unspecified atom stereocenters. The lowest BCUT2D eigenvalue weighted by atomic mass is 9.95. The maximum absolute atomic E-state index is 6.85. The smallest absolute Gasteiger partial charge is 0.159 e. The molecule has 0 amide bonds. The minimum Gasteiger partial charge on any atom is -0.455 e. The van der Waals surface area contributed by atoms with Crippen LogP contribution in [-0.4, -0.2) is 11.7 Å². The second-order valence-corrected chi connectivity index (χ2v) is 15.4. The van der Waals surface area contributed by atoms with Gasteiger partial charge in [-0.3, -0.25) is 0 Å². The number of hydrogen-bond donors (Lipinski definition) is 1. The maximum Gasteiger partial charge on any atom is 0.159 e. The second kappa shape index (κ2) is 16.1. The fourth-order valence-corrected chi connectivity index (χ4v) is 8.49. The van der Waals surface area contributed by atoms with E-state index in [1.165, 1.54) is 11.1 Å². The average Bonchev–Trinajstić information content (AvgIpc) is 3.76. The fourth-order valence-electron chi connectivity index (χ4n) is 8.49. The largest absolute Gasteiger partial charge is 0.455 e. The van der Waals surface area contributed by atoms with Crippen molar-refractivity contribution in [2.75, 3.05) is 4.90 Å². The summed E-state index contributed by atoms with van der Waals surface area (Å²) >= 11 is 0. The first-order valence-corrected chi connectivity index (χ1v) is 20.9. The molecule has 5 nitrogen and oxygen atoms in total. The number of hydrogen-bond acceptors (Lipinski definition) is 5. The summed E-state index contributed by atoms with van der Waals surface area (Å²) in [5, 5.41) is 5.76. The normalized spacial score (nSPS) is 13.6. The average molecular weight is 797 g/mol. The van der Waals surface area contributed by atoms with Gasteiger partial charge in [0.1, 0.15) is 23.2 Å². The second-order valence-electron chi connectivity index (χ2n) is 15.4. The Kier molecular flexibility index (Phi) is 9.52. The lowest BCUT2D eigenvalue weighted by molar-refractivity contribution is 0.670. The van der Waals surface area contributed by atoms with E-state index in [2.05, 4.69) is 198 Å². The molecule has 1 aliphatic heterocycles. The standard InChI is InChI=1S/C57H40N4O/c1-5-17-39(18-6-1)40-31-33-48(34-32-40)61(47-27-11-4-12-28-47)51-36-35-49(54-53(51)50-29-13-14-30-52(50)62-54)45-25-15-23-43(37-45)44-24-16-26-46(38-44)57-59-55(41-19-7-2-8-20-41)58-56(60-57)42-21-9-3-10-22-42/h1-38,55H,(H,58,59,60). The molecular weight excluding hydrogens is 757 g/mol. The van der Waals surface area contributed by atoms with Crippen LogP contribution in [0.25, 0.3) is 55.3 Å². The Morgan fingerprint density at radius 1 is 0.435 bits per heavy atom. The Morgan fingerprint density at radius 3 is 1.71 bits per heavy atom. The number of anilines is 3. The molecule has 11 rings (SSSR count). The van der Waals surface area contributed by atoms with Crippen LogP contribution < -0.4 is 10.2 Å². The molecule has 1 aromatic heterocycles. The number of rotatable bonds is 9. The van der Waals surface area contributed by atoms with Gasteiger partial charge in [0.2, 0.25) is 0 Å². The zero-order chi connectivity index (χ0) is 41.2. The molecule has 9 aromatic carbocycles. The molecule has 0 spiro atoms. The van der Waals surface area contributed by atoms with E-state index in [1.54, 1.807) is 0 Å². The van der Waals surface area contributed by atoms with Crippen LogP contribution in [0, 0.1) is 0 Å². The Morgan fingerprint density at radius 2 is 0.984 bits per heavy atom. The van der Waals surface area contributed by atoms with Crippen molar-refractivity contribution in [3.63, 3.8) is 0 Å². The molecule has 0 aliphatic carbocycles. The molecule has 5 heteroatoms. The molecule has 0 saturated carbocycles. The molecule has 0 radical (unpaired) electrons. The summed E-state index contributed by atoms with van der Waals surface area (Å²) in [6.45, 7) is 0. The van der Waals surface area contributed by atoms with Crippen LogP contribution in [0.1, 0.15) is 22.9 Å². The van der Waals surface area contributed by atoms with E-state index in [0.29, 0.717) is 5.84 Å². The van der Waals surface area contributed by atoms with Crippen molar-refractivity contribution >= 4 is 50.7 Å². The van der Waals surface area contributed by atoms with Crippen molar-refractivity contribution in [2.45, 2.75) is 6.17 Å². The topological polar surface area (TPSA) is 53.1 Å². The molecule has 0 bridgehead atoms. The summed E-state index contributed by atoms with van der Waals surface area (Å²) in [5.41, 5.74) is 14.5. The summed E-state index contributed by atoms with van der Waals surface area (Å²) < 4.78 is 6.85. The number of benzene rings is 9. The Balaban J connectivity index is 0.996. The van der Waals surface area contributed by atoms with Crippen LogP contribution in [0.15, 0.2) is 245 Å². The summed E-state index contributed by atoms with van der Waals surface area (Å²) in [6.07, 6.45) is -0.272. The van der Waals surface area contributed by atoms with Crippen molar-refractivity contribution in [1.29, 1.82) is 0 Å². The van der Waals surface area contributed by atoms with Crippen LogP contribution >= 0.6 is 0 Å². The van der Waals surface area contributed by atoms with Gasteiger partial charge in [0.25, 0.3) is 0 Å². The van der Waals surface area contributed by atoms with Gasteiger partial charge in [-0.1, -0.05) is 176 Å². The van der Waals surface area contributed by atoms with E-state index in [-0.39, 0.29) is 6.17 Å². The number of para-hydroxylation sites is 2. The Bertz CT molecular complexity index is 3250. The van der Waals surface area contributed by atoms with Gasteiger partial charge in [0.15, 0.2) is 5.84 Å². The van der Waals surface area contributed by atoms with Gasteiger partial charge in [-0.05, 0) is 88.0 Å². The molecule has 62 heavy (non-hydrogen) atoms. The number of furan rings is 1. The third-order valence-electron chi connectivity index (χ3n) is 11.5. The first-order chi connectivity index (χ1) is 30.7. The van der Waals surface area contributed by atoms with Crippen molar-refractivity contribution < 1.29 is 4.42 Å². The number of amidine groups is 2. The first kappa shape index (κ1) is 36.8. The highest BCUT2D eigenvalue weighted by Gasteiger charge is 2.24. The van der Waals surface area contributed by atoms with Crippen molar-refractivity contribution in [2.24, 2.45) is 9.98 Å². The quantitative estimate of drug-likeness (QED) is 0.158. The van der Waals surface area contributed by atoms with Crippen molar-refractivity contribution in [1.82, 2.24) is 5.32 Å². The van der Waals surface area contributed by atoms with Crippen molar-refractivity contribution in [3.8, 4) is 33.4 Å². The van der Waals surface area contributed by atoms with Crippen LogP contribution in [-0.2, 0) is 0 Å². The van der Waals surface area contributed by atoms with Gasteiger partial charge in [0.05, 0.1) is 11.1 Å². The Labute approximate surface area is 360 Å². The minimum absolute atomic E-state index is 0.272. The van der Waals surface area contributed by atoms with Gasteiger partial charge < -0.3 is 14.6 Å². The predicted octanol–water partition coefficient (Wildman–Crippen LogP) is 14.6. The molecule has 2 heterocycles. The van der Waals surface area contributed by atoms with Crippen LogP contribution in [0.4, 0.5) is 17.1 Å². The third kappa shape index (κ3) is 7.01. The number of nitrogens with one attached hydrogen (secondary N) is 1. The van der Waals surface area contributed by atoms with Crippen LogP contribution in [0.5, 0.6) is 0 Å². The summed E-state index contributed by atoms with van der Waals surface area (Å²) in [4.78, 5) is 12.4. The van der Waals surface area contributed by atoms with Crippen LogP contribution in [0.3, 0.4) is 0 Å². The molecular formula is C57H40N4O. The van der Waals surface area contributed by atoms with E-state index in [1.807, 2.05) is 42.5 Å². The molecule has 10 aromatic rings. The highest BCUT2D eigenvalue weighted by molar-refractivity contribution is 6.17. The molecule has 1 N–H and O–H groups in total. The van der Waals surface area contributed by atoms with E-state index in [9.17, 15) is 0 Å². The minimum atomic E-state index is -0.272. The molecule has 0 fully saturated rings. The van der Waals surface area contributed by atoms with Gasteiger partial charge in [-0.15, -0.1) is 0 Å². The lowest BCUT2D eigenvalue weighted by Gasteiger charge is -2.27. The number of aliphatic imine (C=N–C) groups is 2. The van der Waals surface area contributed by atoms with E-state index >= 15 is 0 Å². The molecule has 1 atom stereocenters. The number of nitrogens with zero attached hydrogens (tertiary/aromatic N) is 3. The van der Waals surface area contributed by atoms with E-state index < -0.39 is 0 Å². The van der Waals surface area contributed by atoms with Gasteiger partial charge >= 0.3 is 0 Å². The van der Waals surface area contributed by atoms with Gasteiger partial charge in [-0.25, -0.2) is 9.98 Å². The molecule has 0 saturated heterocycles. The number of fused-ring (bicyclic) bond motifs is 3. The summed E-state index contributed by atoms with van der Waals surface area (Å²) in [6, 6.07) is 80.5. The summed E-state index contributed by atoms with van der Waals surface area (Å²) in [7, 11) is 0. The highest BCUT2D eigenvalue weighted by atomic mass is 16.3. The SMILES string of the molecule is c1ccc(C2=NC(c3ccccc3)NC(c3cccc(-c4cccc(-c5ccc(N(c6ccccc6)c6ccc(-c7ccccc7)cc6)c6c5oc5ccccc56)c4)c3)=N2)cc1. The fraction of sp³-hybridized carbons (Fsp3) is 0.0175.